The Kier molecular flexibility index (Phi) is 8.13. The van der Waals surface area contributed by atoms with E-state index in [0.717, 1.165) is 0 Å². The quantitative estimate of drug-likeness (QED) is 0.268. The molecule has 0 aliphatic carbocycles. The third-order valence-electron chi connectivity index (χ3n) is 3.17. The molecule has 1 amide bonds. The Hall–Kier alpha value is -0.660. The van der Waals surface area contributed by atoms with Gasteiger partial charge >= 0.3 is 0 Å². The van der Waals surface area contributed by atoms with Crippen LogP contribution in [0.5, 0.6) is 0 Å². The first-order valence-corrected chi connectivity index (χ1v) is 9.90. The number of thiocarbonyl (C=S) groups is 1. The van der Waals surface area contributed by atoms with Gasteiger partial charge in [0, 0.05) is 5.69 Å². The third kappa shape index (κ3) is 6.71. The predicted octanol–water partition coefficient (Wildman–Crippen LogP) is 6.06. The summed E-state index contributed by atoms with van der Waals surface area (Å²) in [4.78, 5) is 12.4. The van der Waals surface area contributed by atoms with Crippen LogP contribution in [0.2, 0.25) is 15.1 Å². The average Bonchev–Trinajstić information content (AvgIpc) is 2.57. The molecule has 2 rings (SSSR count). The van der Waals surface area contributed by atoms with Crippen LogP contribution in [0.15, 0.2) is 42.5 Å². The Morgan fingerprint density at radius 1 is 0.926 bits per heavy atom. The van der Waals surface area contributed by atoms with Gasteiger partial charge in [-0.2, -0.15) is 0 Å². The van der Waals surface area contributed by atoms with Crippen molar-refractivity contribution >= 4 is 98.5 Å². The zero-order chi connectivity index (χ0) is 20.2. The summed E-state index contributed by atoms with van der Waals surface area (Å²) >= 11 is 40.9. The third-order valence-corrected chi connectivity index (χ3v) is 5.12. The van der Waals surface area contributed by atoms with E-state index < -0.39 is 15.9 Å². The van der Waals surface area contributed by atoms with Gasteiger partial charge in [0.2, 0.25) is 3.79 Å². The fraction of sp³-hybridized carbons (Fsp3) is 0.125. The molecule has 11 heteroatoms. The molecule has 2 aromatic carbocycles. The SMILES string of the molecule is O=C(N[C@H](NC(=S)Nc1ccc(Cl)c(Cl)c1)C(Cl)(Cl)Cl)c1ccccc1Cl. The van der Waals surface area contributed by atoms with E-state index in [9.17, 15) is 4.79 Å². The lowest BCUT2D eigenvalue weighted by molar-refractivity contribution is 0.0934. The van der Waals surface area contributed by atoms with Gasteiger partial charge in [-0.3, -0.25) is 4.79 Å². The lowest BCUT2D eigenvalue weighted by atomic mass is 10.2. The fourth-order valence-corrected chi connectivity index (χ4v) is 3.01. The van der Waals surface area contributed by atoms with Crippen LogP contribution in [0.25, 0.3) is 0 Å². The number of halogens is 6. The van der Waals surface area contributed by atoms with Crippen molar-refractivity contribution in [3.8, 4) is 0 Å². The maximum absolute atomic E-state index is 12.4. The molecule has 0 fully saturated rings. The normalized spacial score (nSPS) is 12.2. The van der Waals surface area contributed by atoms with E-state index >= 15 is 0 Å². The standard InChI is InChI=1S/C16H11Cl6N3OS/c17-10-4-2-1-3-9(10)13(26)24-14(16(20,21)22)25-15(27)23-8-5-6-11(18)12(19)7-8/h1-7,14H,(H,24,26)(H2,23,25,27)/t14-/m1/s1. The molecule has 144 valence electrons. The highest BCUT2D eigenvalue weighted by atomic mass is 35.6. The van der Waals surface area contributed by atoms with Crippen molar-refractivity contribution in [2.45, 2.75) is 9.96 Å². The summed E-state index contributed by atoms with van der Waals surface area (Å²) in [5.74, 6) is -0.540. The molecular weight excluding hydrogens is 495 g/mol. The first kappa shape index (κ1) is 22.6. The molecule has 0 saturated heterocycles. The van der Waals surface area contributed by atoms with E-state index in [-0.39, 0.29) is 15.7 Å². The van der Waals surface area contributed by atoms with E-state index in [0.29, 0.717) is 15.7 Å². The molecular formula is C16H11Cl6N3OS. The molecule has 1 atom stereocenters. The van der Waals surface area contributed by atoms with E-state index in [1.807, 2.05) is 0 Å². The van der Waals surface area contributed by atoms with Crippen molar-refractivity contribution < 1.29 is 4.79 Å². The number of carbonyl (C=O) groups is 1. The van der Waals surface area contributed by atoms with Crippen LogP contribution in [0.3, 0.4) is 0 Å². The Balaban J connectivity index is 2.10. The molecule has 0 unspecified atom stereocenters. The monoisotopic (exact) mass is 503 g/mol. The van der Waals surface area contributed by atoms with Crippen LogP contribution in [0, 0.1) is 0 Å². The molecule has 3 N–H and O–H groups in total. The lowest BCUT2D eigenvalue weighted by Crippen LogP contribution is -2.56. The average molecular weight is 506 g/mol. The highest BCUT2D eigenvalue weighted by molar-refractivity contribution is 7.80. The van der Waals surface area contributed by atoms with E-state index in [4.69, 9.17) is 81.8 Å². The van der Waals surface area contributed by atoms with Crippen molar-refractivity contribution in [1.29, 1.82) is 0 Å². The summed E-state index contributed by atoms with van der Waals surface area (Å²) < 4.78 is -1.90. The number of anilines is 1. The van der Waals surface area contributed by atoms with E-state index in [1.165, 1.54) is 0 Å². The van der Waals surface area contributed by atoms with Gasteiger partial charge in [-0.15, -0.1) is 0 Å². The highest BCUT2D eigenvalue weighted by Gasteiger charge is 2.35. The fourth-order valence-electron chi connectivity index (χ4n) is 1.93. The topological polar surface area (TPSA) is 53.2 Å². The molecule has 0 radical (unpaired) electrons. The molecule has 2 aromatic rings. The van der Waals surface area contributed by atoms with Crippen molar-refractivity contribution in [2.75, 3.05) is 5.32 Å². The van der Waals surface area contributed by atoms with Crippen LogP contribution in [0.4, 0.5) is 5.69 Å². The second kappa shape index (κ2) is 9.70. The first-order valence-electron chi connectivity index (χ1n) is 7.22. The minimum Gasteiger partial charge on any atom is -0.339 e. The van der Waals surface area contributed by atoms with E-state index in [2.05, 4.69) is 16.0 Å². The molecule has 0 saturated carbocycles. The zero-order valence-corrected chi connectivity index (χ0v) is 18.6. The lowest BCUT2D eigenvalue weighted by Gasteiger charge is -2.28. The van der Waals surface area contributed by atoms with Crippen LogP contribution in [-0.2, 0) is 0 Å². The largest absolute Gasteiger partial charge is 0.339 e. The second-order valence-electron chi connectivity index (χ2n) is 5.16. The van der Waals surface area contributed by atoms with Crippen molar-refractivity contribution in [2.24, 2.45) is 0 Å². The molecule has 0 heterocycles. The van der Waals surface area contributed by atoms with Gasteiger partial charge in [0.15, 0.2) is 5.11 Å². The number of carbonyl (C=O) groups excluding carboxylic acids is 1. The summed E-state index contributed by atoms with van der Waals surface area (Å²) in [7, 11) is 0. The molecule has 0 aromatic heterocycles. The van der Waals surface area contributed by atoms with Crippen LogP contribution < -0.4 is 16.0 Å². The summed E-state index contributed by atoms with van der Waals surface area (Å²) in [6.45, 7) is 0. The van der Waals surface area contributed by atoms with Crippen molar-refractivity contribution in [3.63, 3.8) is 0 Å². The Morgan fingerprint density at radius 2 is 1.59 bits per heavy atom. The van der Waals surface area contributed by atoms with Gasteiger partial charge in [0.05, 0.1) is 20.6 Å². The van der Waals surface area contributed by atoms with Gasteiger partial charge in [-0.25, -0.2) is 0 Å². The molecule has 0 spiro atoms. The smallest absolute Gasteiger partial charge is 0.254 e. The maximum Gasteiger partial charge on any atom is 0.254 e. The number of rotatable bonds is 4. The van der Waals surface area contributed by atoms with Crippen LogP contribution in [0.1, 0.15) is 10.4 Å². The van der Waals surface area contributed by atoms with Gasteiger partial charge < -0.3 is 16.0 Å². The number of alkyl halides is 3. The Morgan fingerprint density at radius 3 is 2.19 bits per heavy atom. The molecule has 0 bridgehead atoms. The summed E-state index contributed by atoms with van der Waals surface area (Å²) in [6.07, 6.45) is -1.14. The number of hydrogen-bond donors (Lipinski definition) is 3. The summed E-state index contributed by atoms with van der Waals surface area (Å²) in [5.41, 5.74) is 0.783. The van der Waals surface area contributed by atoms with Crippen LogP contribution >= 0.6 is 81.8 Å². The molecule has 4 nitrogen and oxygen atoms in total. The van der Waals surface area contributed by atoms with Crippen LogP contribution in [-0.4, -0.2) is 21.0 Å². The zero-order valence-electron chi connectivity index (χ0n) is 13.2. The van der Waals surface area contributed by atoms with Gasteiger partial charge in [-0.05, 0) is 42.5 Å². The van der Waals surface area contributed by atoms with Gasteiger partial charge in [0.25, 0.3) is 5.91 Å². The summed E-state index contributed by atoms with van der Waals surface area (Å²) in [6, 6.07) is 11.3. The van der Waals surface area contributed by atoms with Crippen molar-refractivity contribution in [1.82, 2.24) is 10.6 Å². The minimum atomic E-state index is -1.90. The van der Waals surface area contributed by atoms with Gasteiger partial charge in [-0.1, -0.05) is 81.7 Å². The number of nitrogens with one attached hydrogen (secondary N) is 3. The molecule has 0 aliphatic rings. The number of benzene rings is 2. The van der Waals surface area contributed by atoms with E-state index in [1.54, 1.807) is 42.5 Å². The Labute approximate surface area is 191 Å². The minimum absolute atomic E-state index is 0.0872. The van der Waals surface area contributed by atoms with Gasteiger partial charge in [0.1, 0.15) is 6.17 Å². The second-order valence-corrected chi connectivity index (χ2v) is 9.15. The number of amides is 1. The highest BCUT2D eigenvalue weighted by Crippen LogP contribution is 2.30. The number of hydrogen-bond acceptors (Lipinski definition) is 2. The molecule has 0 aliphatic heterocycles. The van der Waals surface area contributed by atoms with Crippen molar-refractivity contribution in [3.05, 3.63) is 63.1 Å². The maximum atomic E-state index is 12.4. The molecule has 27 heavy (non-hydrogen) atoms. The summed E-state index contributed by atoms with van der Waals surface area (Å²) in [5, 5.41) is 9.22. The first-order chi connectivity index (χ1) is 12.6. The Bertz CT molecular complexity index is 858. The predicted molar refractivity (Wildman–Crippen MR) is 119 cm³/mol.